The summed E-state index contributed by atoms with van der Waals surface area (Å²) in [4.78, 5) is 11.4. The molecule has 3 nitrogen and oxygen atoms in total. The molecule has 0 heterocycles. The van der Waals surface area contributed by atoms with Crippen molar-refractivity contribution in [3.8, 4) is 0 Å². The molecule has 0 aromatic rings. The van der Waals surface area contributed by atoms with Crippen LogP contribution in [0.1, 0.15) is 51.9 Å². The summed E-state index contributed by atoms with van der Waals surface area (Å²) < 4.78 is 0. The van der Waals surface area contributed by atoms with Crippen molar-refractivity contribution < 1.29 is 9.90 Å². The van der Waals surface area contributed by atoms with Crippen molar-refractivity contribution in [3.05, 3.63) is 0 Å². The van der Waals surface area contributed by atoms with Gasteiger partial charge in [0.15, 0.2) is 0 Å². The second kappa shape index (κ2) is 6.83. The Bertz CT molecular complexity index is 188. The van der Waals surface area contributed by atoms with E-state index in [9.17, 15) is 4.79 Å². The van der Waals surface area contributed by atoms with Crippen molar-refractivity contribution in [2.45, 2.75) is 57.9 Å². The average molecular weight is 213 g/mol. The van der Waals surface area contributed by atoms with E-state index >= 15 is 0 Å². The molecule has 1 saturated carbocycles. The lowest BCUT2D eigenvalue weighted by atomic mass is 9.86. The highest BCUT2D eigenvalue weighted by atomic mass is 16.3. The summed E-state index contributed by atoms with van der Waals surface area (Å²) in [6.45, 7) is 1.84. The normalized spacial score (nSPS) is 19.9. The second-order valence-corrected chi connectivity index (χ2v) is 4.69. The molecule has 1 rings (SSSR count). The highest BCUT2D eigenvalue weighted by molar-refractivity contribution is 5.76. The minimum Gasteiger partial charge on any atom is -0.394 e. The highest BCUT2D eigenvalue weighted by Crippen LogP contribution is 2.27. The standard InChI is InChI=1S/C12H23NO2/c1-10(9-14)13-12(15)8-7-11-5-3-2-4-6-11/h10-11,14H,2-9H2,1H3,(H,13,15). The Morgan fingerprint density at radius 1 is 1.40 bits per heavy atom. The van der Waals surface area contributed by atoms with Gasteiger partial charge in [0.2, 0.25) is 5.91 Å². The van der Waals surface area contributed by atoms with Gasteiger partial charge in [0.25, 0.3) is 0 Å². The van der Waals surface area contributed by atoms with Crippen LogP contribution in [0.15, 0.2) is 0 Å². The monoisotopic (exact) mass is 213 g/mol. The lowest BCUT2D eigenvalue weighted by Gasteiger charge is -2.21. The number of aliphatic hydroxyl groups is 1. The van der Waals surface area contributed by atoms with Crippen LogP contribution in [0.4, 0.5) is 0 Å². The summed E-state index contributed by atoms with van der Waals surface area (Å²) >= 11 is 0. The lowest BCUT2D eigenvalue weighted by Crippen LogP contribution is -2.35. The molecule has 3 heteroatoms. The van der Waals surface area contributed by atoms with Gasteiger partial charge in [-0.05, 0) is 19.3 Å². The Balaban J connectivity index is 2.10. The Labute approximate surface area is 92.3 Å². The topological polar surface area (TPSA) is 49.3 Å². The number of hydrogen-bond acceptors (Lipinski definition) is 2. The summed E-state index contributed by atoms with van der Waals surface area (Å²) in [5.74, 6) is 0.844. The van der Waals surface area contributed by atoms with Gasteiger partial charge in [-0.25, -0.2) is 0 Å². The molecule has 15 heavy (non-hydrogen) atoms. The average Bonchev–Trinajstić information content (AvgIpc) is 2.27. The zero-order valence-corrected chi connectivity index (χ0v) is 9.67. The Morgan fingerprint density at radius 2 is 2.07 bits per heavy atom. The predicted octanol–water partition coefficient (Wildman–Crippen LogP) is 1.84. The molecule has 1 aliphatic carbocycles. The van der Waals surface area contributed by atoms with Crippen molar-refractivity contribution in [2.24, 2.45) is 5.92 Å². The Hall–Kier alpha value is -0.570. The molecule has 0 aromatic carbocycles. The van der Waals surface area contributed by atoms with Gasteiger partial charge in [0, 0.05) is 12.5 Å². The SMILES string of the molecule is CC(CO)NC(=O)CCC1CCCCC1. The molecule has 1 aliphatic rings. The van der Waals surface area contributed by atoms with Gasteiger partial charge < -0.3 is 10.4 Å². The van der Waals surface area contributed by atoms with Crippen LogP contribution in [0.3, 0.4) is 0 Å². The minimum atomic E-state index is -0.108. The zero-order valence-electron chi connectivity index (χ0n) is 9.67. The molecule has 88 valence electrons. The van der Waals surface area contributed by atoms with Gasteiger partial charge in [0.1, 0.15) is 0 Å². The van der Waals surface area contributed by atoms with Gasteiger partial charge in [-0.3, -0.25) is 4.79 Å². The van der Waals surface area contributed by atoms with E-state index in [2.05, 4.69) is 5.32 Å². The number of rotatable bonds is 5. The van der Waals surface area contributed by atoms with Crippen LogP contribution in [0.25, 0.3) is 0 Å². The number of hydrogen-bond donors (Lipinski definition) is 2. The van der Waals surface area contributed by atoms with E-state index < -0.39 is 0 Å². The van der Waals surface area contributed by atoms with Gasteiger partial charge in [-0.1, -0.05) is 32.1 Å². The van der Waals surface area contributed by atoms with Crippen LogP contribution in [-0.4, -0.2) is 23.7 Å². The fraction of sp³-hybridized carbons (Fsp3) is 0.917. The fourth-order valence-corrected chi connectivity index (χ4v) is 2.20. The molecular weight excluding hydrogens is 190 g/mol. The van der Waals surface area contributed by atoms with Crippen LogP contribution in [0, 0.1) is 5.92 Å². The molecule has 0 radical (unpaired) electrons. The minimum absolute atomic E-state index is 0.0230. The molecule has 2 N–H and O–H groups in total. The van der Waals surface area contributed by atoms with Crippen molar-refractivity contribution >= 4 is 5.91 Å². The van der Waals surface area contributed by atoms with E-state index in [1.54, 1.807) is 0 Å². The van der Waals surface area contributed by atoms with E-state index in [1.807, 2.05) is 6.92 Å². The van der Waals surface area contributed by atoms with Crippen LogP contribution < -0.4 is 5.32 Å². The maximum absolute atomic E-state index is 11.4. The number of nitrogens with one attached hydrogen (secondary N) is 1. The zero-order chi connectivity index (χ0) is 11.1. The third-order valence-corrected chi connectivity index (χ3v) is 3.19. The molecule has 1 fully saturated rings. The van der Waals surface area contributed by atoms with Crippen LogP contribution in [-0.2, 0) is 4.79 Å². The summed E-state index contributed by atoms with van der Waals surface area (Å²) in [6.07, 6.45) is 8.26. The van der Waals surface area contributed by atoms with E-state index in [4.69, 9.17) is 5.11 Å². The molecular formula is C12H23NO2. The molecule has 1 amide bonds. The molecule has 0 bridgehead atoms. The maximum Gasteiger partial charge on any atom is 0.220 e. The molecule has 1 atom stereocenters. The smallest absolute Gasteiger partial charge is 0.220 e. The number of aliphatic hydroxyl groups excluding tert-OH is 1. The molecule has 0 saturated heterocycles. The summed E-state index contributed by atoms with van der Waals surface area (Å²) in [7, 11) is 0. The quantitative estimate of drug-likeness (QED) is 0.732. The summed E-state index contributed by atoms with van der Waals surface area (Å²) in [6, 6.07) is -0.108. The first-order valence-corrected chi connectivity index (χ1v) is 6.12. The van der Waals surface area contributed by atoms with E-state index in [1.165, 1.54) is 32.1 Å². The van der Waals surface area contributed by atoms with Gasteiger partial charge in [-0.15, -0.1) is 0 Å². The molecule has 0 aliphatic heterocycles. The summed E-state index contributed by atoms with van der Waals surface area (Å²) in [5.41, 5.74) is 0. The van der Waals surface area contributed by atoms with Crippen molar-refractivity contribution in [3.63, 3.8) is 0 Å². The molecule has 0 spiro atoms. The third kappa shape index (κ3) is 5.17. The van der Waals surface area contributed by atoms with Crippen LogP contribution in [0.5, 0.6) is 0 Å². The summed E-state index contributed by atoms with van der Waals surface area (Å²) in [5, 5.41) is 11.6. The van der Waals surface area contributed by atoms with E-state index in [0.29, 0.717) is 6.42 Å². The first-order chi connectivity index (χ1) is 7.22. The van der Waals surface area contributed by atoms with Crippen molar-refractivity contribution in [2.75, 3.05) is 6.61 Å². The van der Waals surface area contributed by atoms with Gasteiger partial charge in [0.05, 0.1) is 6.61 Å². The third-order valence-electron chi connectivity index (χ3n) is 3.19. The lowest BCUT2D eigenvalue weighted by molar-refractivity contribution is -0.122. The Morgan fingerprint density at radius 3 is 2.67 bits per heavy atom. The molecule has 1 unspecified atom stereocenters. The highest BCUT2D eigenvalue weighted by Gasteiger charge is 2.15. The van der Waals surface area contributed by atoms with Gasteiger partial charge >= 0.3 is 0 Å². The number of carbonyl (C=O) groups is 1. The first-order valence-electron chi connectivity index (χ1n) is 6.12. The van der Waals surface area contributed by atoms with E-state index in [0.717, 1.165) is 12.3 Å². The first kappa shape index (κ1) is 12.5. The van der Waals surface area contributed by atoms with Crippen molar-refractivity contribution in [1.82, 2.24) is 5.32 Å². The predicted molar refractivity (Wildman–Crippen MR) is 60.5 cm³/mol. The maximum atomic E-state index is 11.4. The van der Waals surface area contributed by atoms with E-state index in [-0.39, 0.29) is 18.6 Å². The second-order valence-electron chi connectivity index (χ2n) is 4.69. The van der Waals surface area contributed by atoms with Crippen LogP contribution in [0.2, 0.25) is 0 Å². The fourth-order valence-electron chi connectivity index (χ4n) is 2.20. The van der Waals surface area contributed by atoms with Crippen LogP contribution >= 0.6 is 0 Å². The molecule has 0 aromatic heterocycles. The number of amides is 1. The van der Waals surface area contributed by atoms with Crippen molar-refractivity contribution in [1.29, 1.82) is 0 Å². The largest absolute Gasteiger partial charge is 0.394 e. The number of carbonyl (C=O) groups excluding carboxylic acids is 1. The van der Waals surface area contributed by atoms with Gasteiger partial charge in [-0.2, -0.15) is 0 Å². The Kier molecular flexibility index (Phi) is 5.69.